The van der Waals surface area contributed by atoms with Gasteiger partial charge in [-0.05, 0) is 61.1 Å². The van der Waals surface area contributed by atoms with Gasteiger partial charge in [-0.25, -0.2) is 25.5 Å². The van der Waals surface area contributed by atoms with Crippen molar-refractivity contribution in [2.45, 2.75) is 38.0 Å². The van der Waals surface area contributed by atoms with Gasteiger partial charge in [-0.15, -0.1) is 0 Å². The van der Waals surface area contributed by atoms with Crippen molar-refractivity contribution in [2.75, 3.05) is 30.2 Å². The molecule has 0 amide bonds. The number of hydrogen-bond donors (Lipinski definition) is 0. The van der Waals surface area contributed by atoms with E-state index in [1.807, 2.05) is 13.8 Å². The van der Waals surface area contributed by atoms with Crippen LogP contribution in [0.5, 0.6) is 0 Å². The molecule has 0 atom stereocenters. The summed E-state index contributed by atoms with van der Waals surface area (Å²) in [5.74, 6) is -0.418. The summed E-state index contributed by atoms with van der Waals surface area (Å²) in [5, 5.41) is 0. The Morgan fingerprint density at radius 3 is 2.06 bits per heavy atom. The van der Waals surface area contributed by atoms with Crippen LogP contribution in [0.25, 0.3) is 0 Å². The molecule has 34 heavy (non-hydrogen) atoms. The van der Waals surface area contributed by atoms with E-state index in [1.165, 1.54) is 63.4 Å². The first-order valence-electron chi connectivity index (χ1n) is 11.2. The van der Waals surface area contributed by atoms with Crippen molar-refractivity contribution in [1.82, 2.24) is 4.31 Å². The Kier molecular flexibility index (Phi) is 8.15. The maximum Gasteiger partial charge on any atom is 0.264 e. The fourth-order valence-corrected chi connectivity index (χ4v) is 6.55. The van der Waals surface area contributed by atoms with Crippen LogP contribution < -0.4 is 4.31 Å². The van der Waals surface area contributed by atoms with Crippen LogP contribution in [-0.2, 0) is 20.0 Å². The van der Waals surface area contributed by atoms with Crippen molar-refractivity contribution in [3.05, 3.63) is 59.9 Å². The highest BCUT2D eigenvalue weighted by atomic mass is 32.2. The lowest BCUT2D eigenvalue weighted by Gasteiger charge is -2.29. The number of carbonyl (C=O) groups excluding carboxylic acids is 1. The Balaban J connectivity index is 1.73. The number of rotatable bonds is 9. The van der Waals surface area contributed by atoms with E-state index in [0.717, 1.165) is 0 Å². The number of halogens is 1. The summed E-state index contributed by atoms with van der Waals surface area (Å²) >= 11 is 0. The average Bonchev–Trinajstić information content (AvgIpc) is 2.78. The molecular weight excluding hydrogens is 479 g/mol. The SMILES string of the molecule is CC(C)CN(c1ccc(F)cc1)S(=O)(=O)c1ccc(C(=O)CC2CCN(S(C)(=O)=O)CC2)cc1. The summed E-state index contributed by atoms with van der Waals surface area (Å²) in [7, 11) is -7.13. The quantitative estimate of drug-likeness (QED) is 0.477. The summed E-state index contributed by atoms with van der Waals surface area (Å²) in [5.41, 5.74) is 0.789. The topological polar surface area (TPSA) is 91.8 Å². The minimum absolute atomic E-state index is 0.0368. The molecule has 10 heteroatoms. The molecule has 0 bridgehead atoms. The number of carbonyl (C=O) groups is 1. The third-order valence-corrected chi connectivity index (χ3v) is 9.04. The second-order valence-electron chi connectivity index (χ2n) is 9.16. The molecule has 0 unspecified atom stereocenters. The lowest BCUT2D eigenvalue weighted by atomic mass is 9.90. The van der Waals surface area contributed by atoms with Gasteiger partial charge in [0.2, 0.25) is 10.0 Å². The van der Waals surface area contributed by atoms with Gasteiger partial charge >= 0.3 is 0 Å². The summed E-state index contributed by atoms with van der Waals surface area (Å²) < 4.78 is 66.1. The van der Waals surface area contributed by atoms with E-state index in [9.17, 15) is 26.0 Å². The Hall–Kier alpha value is -2.30. The van der Waals surface area contributed by atoms with E-state index in [2.05, 4.69) is 0 Å². The van der Waals surface area contributed by atoms with Gasteiger partial charge in [0.25, 0.3) is 10.0 Å². The first kappa shape index (κ1) is 26.3. The molecule has 2 aromatic carbocycles. The number of anilines is 1. The van der Waals surface area contributed by atoms with E-state index < -0.39 is 25.9 Å². The molecular formula is C24H31FN2O5S2. The summed E-state index contributed by atoms with van der Waals surface area (Å²) in [4.78, 5) is 12.8. The molecule has 0 saturated carbocycles. The molecule has 0 radical (unpaired) electrons. The Morgan fingerprint density at radius 2 is 1.56 bits per heavy atom. The van der Waals surface area contributed by atoms with Crippen molar-refractivity contribution in [2.24, 2.45) is 11.8 Å². The van der Waals surface area contributed by atoms with Crippen LogP contribution >= 0.6 is 0 Å². The highest BCUT2D eigenvalue weighted by molar-refractivity contribution is 7.92. The first-order chi connectivity index (χ1) is 15.9. The highest BCUT2D eigenvalue weighted by Crippen LogP contribution is 2.27. The maximum atomic E-state index is 13.4. The lowest BCUT2D eigenvalue weighted by molar-refractivity contribution is 0.0945. The predicted molar refractivity (Wildman–Crippen MR) is 130 cm³/mol. The molecule has 0 N–H and O–H groups in total. The number of benzene rings is 2. The zero-order chi connectivity index (χ0) is 25.1. The van der Waals surface area contributed by atoms with Crippen LogP contribution in [-0.4, -0.2) is 52.8 Å². The minimum Gasteiger partial charge on any atom is -0.294 e. The second kappa shape index (κ2) is 10.5. The molecule has 1 aliphatic rings. The number of nitrogens with zero attached hydrogens (tertiary/aromatic N) is 2. The van der Waals surface area contributed by atoms with Crippen molar-refractivity contribution in [3.8, 4) is 0 Å². The maximum absolute atomic E-state index is 13.4. The molecule has 186 valence electrons. The average molecular weight is 511 g/mol. The Labute approximate surface area is 201 Å². The van der Waals surface area contributed by atoms with Gasteiger partial charge in [-0.1, -0.05) is 26.0 Å². The van der Waals surface area contributed by atoms with E-state index in [-0.39, 0.29) is 29.1 Å². The van der Waals surface area contributed by atoms with E-state index in [4.69, 9.17) is 0 Å². The molecule has 3 rings (SSSR count). The predicted octanol–water partition coefficient (Wildman–Crippen LogP) is 3.92. The normalized spacial score (nSPS) is 16.0. The lowest BCUT2D eigenvalue weighted by Crippen LogP contribution is -2.38. The molecule has 0 aliphatic carbocycles. The molecule has 7 nitrogen and oxygen atoms in total. The number of sulfonamides is 2. The number of Topliss-reactive ketones (excluding diaryl/α,β-unsaturated/α-hetero) is 1. The van der Waals surface area contributed by atoms with Crippen LogP contribution in [0.15, 0.2) is 53.4 Å². The fraction of sp³-hybridized carbons (Fsp3) is 0.458. The van der Waals surface area contributed by atoms with Gasteiger partial charge in [0.1, 0.15) is 5.82 Å². The number of piperidine rings is 1. The van der Waals surface area contributed by atoms with Gasteiger partial charge in [0.15, 0.2) is 5.78 Å². The molecule has 0 aromatic heterocycles. The summed E-state index contributed by atoms with van der Waals surface area (Å²) in [6.07, 6.45) is 2.71. The van der Waals surface area contributed by atoms with Gasteiger partial charge in [0.05, 0.1) is 16.8 Å². The van der Waals surface area contributed by atoms with Crippen molar-refractivity contribution < 1.29 is 26.0 Å². The summed E-state index contributed by atoms with van der Waals surface area (Å²) in [6.45, 7) is 4.83. The Morgan fingerprint density at radius 1 is 1.00 bits per heavy atom. The highest BCUT2D eigenvalue weighted by Gasteiger charge is 2.28. The Bertz CT molecular complexity index is 1200. The standard InChI is InChI=1S/C24H31FN2O5S2/c1-18(2)17-27(22-8-6-21(25)7-9-22)34(31,32)23-10-4-20(5-11-23)24(28)16-19-12-14-26(15-13-19)33(3,29)30/h4-11,18-19H,12-17H2,1-3H3. The van der Waals surface area contributed by atoms with Crippen molar-refractivity contribution in [3.63, 3.8) is 0 Å². The molecule has 1 fully saturated rings. The second-order valence-corrected chi connectivity index (χ2v) is 13.0. The number of hydrogen-bond acceptors (Lipinski definition) is 5. The van der Waals surface area contributed by atoms with Gasteiger partial charge in [0, 0.05) is 31.6 Å². The largest absolute Gasteiger partial charge is 0.294 e. The smallest absolute Gasteiger partial charge is 0.264 e. The molecule has 1 aliphatic heterocycles. The molecule has 0 spiro atoms. The van der Waals surface area contributed by atoms with Crippen LogP contribution in [0.2, 0.25) is 0 Å². The van der Waals surface area contributed by atoms with Crippen molar-refractivity contribution >= 4 is 31.5 Å². The third-order valence-electron chi connectivity index (χ3n) is 5.93. The van der Waals surface area contributed by atoms with Crippen LogP contribution in [0, 0.1) is 17.7 Å². The van der Waals surface area contributed by atoms with Crippen LogP contribution in [0.3, 0.4) is 0 Å². The fourth-order valence-electron chi connectivity index (χ4n) is 4.05. The third kappa shape index (κ3) is 6.43. The molecule has 1 heterocycles. The van der Waals surface area contributed by atoms with E-state index >= 15 is 0 Å². The van der Waals surface area contributed by atoms with Crippen molar-refractivity contribution in [1.29, 1.82) is 0 Å². The molecule has 1 saturated heterocycles. The first-order valence-corrected chi connectivity index (χ1v) is 14.5. The zero-order valence-corrected chi connectivity index (χ0v) is 21.3. The van der Waals surface area contributed by atoms with Crippen LogP contribution in [0.1, 0.15) is 43.5 Å². The monoisotopic (exact) mass is 510 g/mol. The van der Waals surface area contributed by atoms with E-state index in [1.54, 1.807) is 0 Å². The van der Waals surface area contributed by atoms with E-state index in [0.29, 0.717) is 43.6 Å². The van der Waals surface area contributed by atoms with Crippen LogP contribution in [0.4, 0.5) is 10.1 Å². The summed E-state index contributed by atoms with van der Waals surface area (Å²) in [6, 6.07) is 11.2. The van der Waals surface area contributed by atoms with Gasteiger partial charge in [-0.3, -0.25) is 9.10 Å². The molecule has 2 aromatic rings. The number of ketones is 1. The van der Waals surface area contributed by atoms with Gasteiger partial charge in [-0.2, -0.15) is 0 Å². The minimum atomic E-state index is -3.91. The van der Waals surface area contributed by atoms with Gasteiger partial charge < -0.3 is 0 Å². The zero-order valence-electron chi connectivity index (χ0n) is 19.6.